The Hall–Kier alpha value is -3.27. The van der Waals surface area contributed by atoms with Crippen molar-refractivity contribution in [3.8, 4) is 0 Å². The lowest BCUT2D eigenvalue weighted by Gasteiger charge is -2.32. The number of rotatable bonds is 3. The lowest BCUT2D eigenvalue weighted by atomic mass is 9.99. The van der Waals surface area contributed by atoms with Gasteiger partial charge < -0.3 is 14.3 Å². The molecule has 0 fully saturated rings. The Balaban J connectivity index is 1.59. The average Bonchev–Trinajstić information content (AvgIpc) is 3.44. The molecule has 0 spiro atoms. The number of H-pyrrole nitrogens is 1. The molecule has 11 heteroatoms. The molecule has 4 aromatic heterocycles. The van der Waals surface area contributed by atoms with Gasteiger partial charge in [0.15, 0.2) is 5.67 Å². The van der Waals surface area contributed by atoms with Crippen LogP contribution in [0.15, 0.2) is 35.0 Å². The fourth-order valence-electron chi connectivity index (χ4n) is 3.60. The first-order valence-electron chi connectivity index (χ1n) is 9.33. The van der Waals surface area contributed by atoms with E-state index in [1.165, 1.54) is 13.8 Å². The number of amides is 1. The third-order valence-electron chi connectivity index (χ3n) is 5.04. The maximum Gasteiger partial charge on any atom is 0.312 e. The minimum atomic E-state index is -1.85. The quantitative estimate of drug-likeness (QED) is 0.502. The summed E-state index contributed by atoms with van der Waals surface area (Å²) in [6.07, 6.45) is 2.16. The Bertz CT molecular complexity index is 1260. The number of hydrogen-bond donors (Lipinski definition) is 1. The van der Waals surface area contributed by atoms with Crippen molar-refractivity contribution in [3.05, 3.63) is 64.6 Å². The van der Waals surface area contributed by atoms with Crippen LogP contribution in [0.4, 0.5) is 4.39 Å². The molecule has 4 aromatic rings. The van der Waals surface area contributed by atoms with Crippen LogP contribution < -0.4 is 0 Å². The summed E-state index contributed by atoms with van der Waals surface area (Å²) in [5.41, 5.74) is 1.13. The van der Waals surface area contributed by atoms with Gasteiger partial charge in [0.1, 0.15) is 11.2 Å². The van der Waals surface area contributed by atoms with Crippen molar-refractivity contribution in [1.29, 1.82) is 0 Å². The molecule has 0 aromatic carbocycles. The van der Waals surface area contributed by atoms with Crippen LogP contribution in [-0.4, -0.2) is 47.1 Å². The number of carbonyl (C=O) groups excluding carboxylic acids is 1. The standard InChI is InChI=1S/C19H17ClFN7O2/c1-19(2,21)18-25-24-16(30-18)17(29)27-7-6-11-14(23-9-22-11)15(27)12-8-10-4-3-5-13(20)28(10)26-12/h3-5,8-9,15H,6-7H2,1-2H3,(H,22,23). The first-order valence-corrected chi connectivity index (χ1v) is 9.71. The van der Waals surface area contributed by atoms with E-state index in [1.807, 2.05) is 18.2 Å². The van der Waals surface area contributed by atoms with E-state index >= 15 is 0 Å². The summed E-state index contributed by atoms with van der Waals surface area (Å²) >= 11 is 6.26. The average molecular weight is 430 g/mol. The number of carbonyl (C=O) groups is 1. The smallest absolute Gasteiger partial charge is 0.312 e. The minimum Gasteiger partial charge on any atom is -0.413 e. The van der Waals surface area contributed by atoms with Crippen LogP contribution in [0.5, 0.6) is 0 Å². The van der Waals surface area contributed by atoms with Crippen LogP contribution in [0, 0.1) is 0 Å². The van der Waals surface area contributed by atoms with Crippen molar-refractivity contribution in [3.63, 3.8) is 0 Å². The van der Waals surface area contributed by atoms with E-state index in [4.69, 9.17) is 16.0 Å². The highest BCUT2D eigenvalue weighted by atomic mass is 35.5. The molecule has 1 aliphatic heterocycles. The Morgan fingerprint density at radius 2 is 2.20 bits per heavy atom. The van der Waals surface area contributed by atoms with Crippen molar-refractivity contribution in [2.75, 3.05) is 6.54 Å². The topological polar surface area (TPSA) is 105 Å². The van der Waals surface area contributed by atoms with Gasteiger partial charge in [0, 0.05) is 18.7 Å². The van der Waals surface area contributed by atoms with E-state index in [2.05, 4.69) is 25.3 Å². The van der Waals surface area contributed by atoms with Gasteiger partial charge >= 0.3 is 11.8 Å². The molecular formula is C19H17ClFN7O2. The summed E-state index contributed by atoms with van der Waals surface area (Å²) in [6.45, 7) is 2.95. The molecule has 0 bridgehead atoms. The summed E-state index contributed by atoms with van der Waals surface area (Å²) in [7, 11) is 0. The van der Waals surface area contributed by atoms with Gasteiger partial charge in [0.25, 0.3) is 5.89 Å². The Kier molecular flexibility index (Phi) is 4.14. The number of aromatic nitrogens is 6. The SMILES string of the molecule is CC(C)(F)c1nnc(C(=O)N2CCc3[nH]cnc3C2c2cc3cccc(Cl)n3n2)o1. The van der Waals surface area contributed by atoms with E-state index in [1.54, 1.807) is 21.8 Å². The molecule has 5 heterocycles. The monoisotopic (exact) mass is 429 g/mol. The number of nitrogens with zero attached hydrogens (tertiary/aromatic N) is 6. The van der Waals surface area contributed by atoms with Gasteiger partial charge in [0.2, 0.25) is 0 Å². The van der Waals surface area contributed by atoms with Gasteiger partial charge in [-0.05, 0) is 32.0 Å². The first-order chi connectivity index (χ1) is 14.3. The first kappa shape index (κ1) is 18.7. The van der Waals surface area contributed by atoms with Crippen LogP contribution >= 0.6 is 11.6 Å². The van der Waals surface area contributed by atoms with Crippen molar-refractivity contribution < 1.29 is 13.6 Å². The number of hydrogen-bond acceptors (Lipinski definition) is 6. The largest absolute Gasteiger partial charge is 0.413 e. The highest BCUT2D eigenvalue weighted by Gasteiger charge is 2.39. The second-order valence-electron chi connectivity index (χ2n) is 7.56. The van der Waals surface area contributed by atoms with Crippen molar-refractivity contribution >= 4 is 23.0 Å². The zero-order valence-corrected chi connectivity index (χ0v) is 16.9. The fourth-order valence-corrected chi connectivity index (χ4v) is 3.81. The third-order valence-corrected chi connectivity index (χ3v) is 5.33. The Morgan fingerprint density at radius 3 is 2.93 bits per heavy atom. The van der Waals surface area contributed by atoms with E-state index in [9.17, 15) is 9.18 Å². The molecule has 1 aliphatic rings. The zero-order valence-electron chi connectivity index (χ0n) is 16.1. The summed E-state index contributed by atoms with van der Waals surface area (Å²) in [6, 6.07) is 6.69. The van der Waals surface area contributed by atoms with Gasteiger partial charge in [-0.15, -0.1) is 10.2 Å². The predicted molar refractivity (Wildman–Crippen MR) is 104 cm³/mol. The molecule has 0 saturated heterocycles. The fraction of sp³-hybridized carbons (Fsp3) is 0.316. The van der Waals surface area contributed by atoms with Gasteiger partial charge in [0.05, 0.1) is 23.2 Å². The zero-order chi connectivity index (χ0) is 21.0. The van der Waals surface area contributed by atoms with Gasteiger partial charge in [-0.2, -0.15) is 5.10 Å². The summed E-state index contributed by atoms with van der Waals surface area (Å²) in [5.74, 6) is -1.04. The molecule has 5 rings (SSSR count). The number of halogens is 2. The highest BCUT2D eigenvalue weighted by Crippen LogP contribution is 2.35. The van der Waals surface area contributed by atoms with E-state index < -0.39 is 17.6 Å². The number of pyridine rings is 1. The van der Waals surface area contributed by atoms with Crippen LogP contribution in [0.1, 0.15) is 53.5 Å². The van der Waals surface area contributed by atoms with Crippen LogP contribution in [0.3, 0.4) is 0 Å². The molecule has 9 nitrogen and oxygen atoms in total. The third kappa shape index (κ3) is 2.95. The molecule has 1 atom stereocenters. The summed E-state index contributed by atoms with van der Waals surface area (Å²) in [4.78, 5) is 22.3. The van der Waals surface area contributed by atoms with Gasteiger partial charge in [-0.1, -0.05) is 17.7 Å². The maximum atomic E-state index is 14.1. The molecule has 1 amide bonds. The van der Waals surface area contributed by atoms with Gasteiger partial charge in [-0.3, -0.25) is 4.79 Å². The number of aromatic amines is 1. The number of alkyl halides is 1. The molecule has 1 N–H and O–H groups in total. The van der Waals surface area contributed by atoms with E-state index in [0.29, 0.717) is 29.5 Å². The van der Waals surface area contributed by atoms with E-state index in [-0.39, 0.29) is 11.8 Å². The van der Waals surface area contributed by atoms with E-state index in [0.717, 1.165) is 11.2 Å². The van der Waals surface area contributed by atoms with Gasteiger partial charge in [-0.25, -0.2) is 13.9 Å². The van der Waals surface area contributed by atoms with Crippen molar-refractivity contribution in [1.82, 2.24) is 34.7 Å². The number of fused-ring (bicyclic) bond motifs is 2. The molecule has 30 heavy (non-hydrogen) atoms. The Labute approximate surface area is 174 Å². The molecular weight excluding hydrogens is 413 g/mol. The molecule has 0 saturated carbocycles. The summed E-state index contributed by atoms with van der Waals surface area (Å²) in [5, 5.41) is 12.5. The highest BCUT2D eigenvalue weighted by molar-refractivity contribution is 6.29. The lowest BCUT2D eigenvalue weighted by Crippen LogP contribution is -2.41. The molecule has 1 unspecified atom stereocenters. The molecule has 0 aliphatic carbocycles. The second kappa shape index (κ2) is 6.63. The minimum absolute atomic E-state index is 0.251. The normalized spacial score (nSPS) is 16.8. The van der Waals surface area contributed by atoms with Crippen molar-refractivity contribution in [2.24, 2.45) is 0 Å². The Morgan fingerprint density at radius 1 is 1.37 bits per heavy atom. The number of nitrogens with one attached hydrogen (secondary N) is 1. The predicted octanol–water partition coefficient (Wildman–Crippen LogP) is 3.09. The van der Waals surface area contributed by atoms with Crippen LogP contribution in [-0.2, 0) is 12.1 Å². The van der Waals surface area contributed by atoms with Crippen molar-refractivity contribution in [2.45, 2.75) is 32.0 Å². The molecule has 0 radical (unpaired) electrons. The second-order valence-corrected chi connectivity index (χ2v) is 7.94. The maximum absolute atomic E-state index is 14.1. The molecule has 154 valence electrons. The number of imidazole rings is 1. The lowest BCUT2D eigenvalue weighted by molar-refractivity contribution is 0.0636. The van der Waals surface area contributed by atoms with Crippen LogP contribution in [0.25, 0.3) is 5.52 Å². The van der Waals surface area contributed by atoms with Crippen LogP contribution in [0.2, 0.25) is 5.15 Å². The summed E-state index contributed by atoms with van der Waals surface area (Å²) < 4.78 is 21.1.